The first kappa shape index (κ1) is 31.3. The summed E-state index contributed by atoms with van der Waals surface area (Å²) in [5.41, 5.74) is 2.92. The Kier molecular flexibility index (Phi) is 10.6. The molecule has 224 valence electrons. The van der Waals surface area contributed by atoms with Crippen LogP contribution in [0.2, 0.25) is 0 Å². The van der Waals surface area contributed by atoms with Crippen molar-refractivity contribution in [1.82, 2.24) is 10.2 Å². The van der Waals surface area contributed by atoms with Gasteiger partial charge in [0.2, 0.25) is 11.8 Å². The van der Waals surface area contributed by atoms with Crippen LogP contribution in [0.25, 0.3) is 0 Å². The van der Waals surface area contributed by atoms with Gasteiger partial charge in [0.1, 0.15) is 18.3 Å². The number of carbonyl (C=O) groups is 2. The Labute approximate surface area is 254 Å². The molecule has 0 aromatic heterocycles. The molecule has 4 aromatic rings. The molecule has 0 aliphatic rings. The van der Waals surface area contributed by atoms with Crippen molar-refractivity contribution >= 4 is 27.5 Å². The standard InChI is InChI=1S/C34H37N3O5S/c1-4-35-34(39)31(23-27-15-7-5-8-16-27)36(24-28-17-13-14-26(2)22-28)33(38)25-37(30-20-11-12-21-32(30)42-3)43(40,41)29-18-9-6-10-19-29/h5-22,31H,4,23-25H2,1-3H3,(H,35,39). The monoisotopic (exact) mass is 599 g/mol. The molecule has 1 unspecified atom stereocenters. The molecule has 1 N–H and O–H groups in total. The molecule has 2 amide bonds. The first-order chi connectivity index (χ1) is 20.7. The van der Waals surface area contributed by atoms with E-state index in [9.17, 15) is 18.0 Å². The normalized spacial score (nSPS) is 11.8. The second-order valence-electron chi connectivity index (χ2n) is 10.1. The predicted octanol–water partition coefficient (Wildman–Crippen LogP) is 4.98. The number of nitrogens with zero attached hydrogens (tertiary/aromatic N) is 2. The number of carbonyl (C=O) groups excluding carboxylic acids is 2. The summed E-state index contributed by atoms with van der Waals surface area (Å²) in [6.45, 7) is 3.72. The SMILES string of the molecule is CCNC(=O)C(Cc1ccccc1)N(Cc1cccc(C)c1)C(=O)CN(c1ccccc1OC)S(=O)(=O)c1ccccc1. The fourth-order valence-corrected chi connectivity index (χ4v) is 6.37. The van der Waals surface area contributed by atoms with Crippen molar-refractivity contribution in [1.29, 1.82) is 0 Å². The lowest BCUT2D eigenvalue weighted by molar-refractivity contribution is -0.140. The number of aryl methyl sites for hydroxylation is 1. The van der Waals surface area contributed by atoms with Crippen molar-refractivity contribution in [3.8, 4) is 5.75 Å². The number of likely N-dealkylation sites (N-methyl/N-ethyl adjacent to an activating group) is 1. The van der Waals surface area contributed by atoms with E-state index in [1.165, 1.54) is 24.1 Å². The Hall–Kier alpha value is -4.63. The minimum absolute atomic E-state index is 0.0310. The van der Waals surface area contributed by atoms with Crippen LogP contribution in [0.5, 0.6) is 5.75 Å². The number of anilines is 1. The molecule has 43 heavy (non-hydrogen) atoms. The van der Waals surface area contributed by atoms with Crippen LogP contribution in [-0.2, 0) is 32.6 Å². The van der Waals surface area contributed by atoms with E-state index >= 15 is 0 Å². The maximum absolute atomic E-state index is 14.4. The second kappa shape index (κ2) is 14.5. The molecule has 9 heteroatoms. The summed E-state index contributed by atoms with van der Waals surface area (Å²) in [6, 6.07) is 30.9. The first-order valence-electron chi connectivity index (χ1n) is 14.1. The highest BCUT2D eigenvalue weighted by molar-refractivity contribution is 7.92. The van der Waals surface area contributed by atoms with Gasteiger partial charge in [-0.1, -0.05) is 90.5 Å². The number of hydrogen-bond acceptors (Lipinski definition) is 5. The van der Waals surface area contributed by atoms with E-state index in [0.717, 1.165) is 21.0 Å². The quantitative estimate of drug-likeness (QED) is 0.234. The van der Waals surface area contributed by atoms with Crippen LogP contribution in [0.1, 0.15) is 23.6 Å². The summed E-state index contributed by atoms with van der Waals surface area (Å²) >= 11 is 0. The first-order valence-corrected chi connectivity index (χ1v) is 15.6. The predicted molar refractivity (Wildman–Crippen MR) is 168 cm³/mol. The van der Waals surface area contributed by atoms with Gasteiger partial charge in [0.15, 0.2) is 0 Å². The molecule has 4 aromatic carbocycles. The van der Waals surface area contributed by atoms with Gasteiger partial charge in [-0.05, 0) is 49.2 Å². The van der Waals surface area contributed by atoms with Gasteiger partial charge in [0, 0.05) is 19.5 Å². The van der Waals surface area contributed by atoms with Crippen molar-refractivity contribution in [3.63, 3.8) is 0 Å². The number of benzene rings is 4. The molecule has 0 aliphatic carbocycles. The number of ether oxygens (including phenoxy) is 1. The Balaban J connectivity index is 1.82. The molecule has 0 saturated heterocycles. The average molecular weight is 600 g/mol. The second-order valence-corrected chi connectivity index (χ2v) is 12.0. The van der Waals surface area contributed by atoms with E-state index in [0.29, 0.717) is 12.3 Å². The Bertz CT molecular complexity index is 1630. The summed E-state index contributed by atoms with van der Waals surface area (Å²) in [5, 5.41) is 2.87. The van der Waals surface area contributed by atoms with E-state index < -0.39 is 28.5 Å². The van der Waals surface area contributed by atoms with Gasteiger partial charge in [-0.3, -0.25) is 13.9 Å². The number of para-hydroxylation sites is 2. The maximum Gasteiger partial charge on any atom is 0.264 e. The van der Waals surface area contributed by atoms with Crippen molar-refractivity contribution in [2.24, 2.45) is 0 Å². The molecule has 0 bridgehead atoms. The zero-order valence-corrected chi connectivity index (χ0v) is 25.5. The number of amides is 2. The van der Waals surface area contributed by atoms with Gasteiger partial charge in [-0.2, -0.15) is 0 Å². The molecule has 0 radical (unpaired) electrons. The van der Waals surface area contributed by atoms with E-state index in [1.54, 1.807) is 42.5 Å². The van der Waals surface area contributed by atoms with Crippen LogP contribution in [0.4, 0.5) is 5.69 Å². The number of nitrogens with one attached hydrogen (secondary N) is 1. The molecule has 0 spiro atoms. The van der Waals surface area contributed by atoms with E-state index in [4.69, 9.17) is 4.74 Å². The molecule has 4 rings (SSSR count). The van der Waals surface area contributed by atoms with Crippen molar-refractivity contribution < 1.29 is 22.7 Å². The third-order valence-corrected chi connectivity index (χ3v) is 8.80. The van der Waals surface area contributed by atoms with E-state index in [-0.39, 0.29) is 29.5 Å². The van der Waals surface area contributed by atoms with E-state index in [1.807, 2.05) is 68.4 Å². The number of sulfonamides is 1. The Morgan fingerprint density at radius 2 is 1.47 bits per heavy atom. The number of hydrogen-bond donors (Lipinski definition) is 1. The molecular formula is C34H37N3O5S. The average Bonchev–Trinajstić information content (AvgIpc) is 3.02. The van der Waals surface area contributed by atoms with E-state index in [2.05, 4.69) is 5.32 Å². The lowest BCUT2D eigenvalue weighted by Crippen LogP contribution is -2.53. The van der Waals surface area contributed by atoms with Crippen LogP contribution >= 0.6 is 0 Å². The van der Waals surface area contributed by atoms with Gasteiger partial charge in [-0.25, -0.2) is 8.42 Å². The zero-order chi connectivity index (χ0) is 30.8. The Morgan fingerprint density at radius 1 is 0.837 bits per heavy atom. The van der Waals surface area contributed by atoms with Gasteiger partial charge < -0.3 is 15.0 Å². The fraction of sp³-hybridized carbons (Fsp3) is 0.235. The third kappa shape index (κ3) is 7.81. The molecule has 0 heterocycles. The van der Waals surface area contributed by atoms with Crippen LogP contribution < -0.4 is 14.4 Å². The number of methoxy groups -OCH3 is 1. The highest BCUT2D eigenvalue weighted by Gasteiger charge is 2.35. The smallest absolute Gasteiger partial charge is 0.264 e. The minimum Gasteiger partial charge on any atom is -0.495 e. The summed E-state index contributed by atoms with van der Waals surface area (Å²) in [5.74, 6) is -0.550. The summed E-state index contributed by atoms with van der Waals surface area (Å²) in [7, 11) is -2.76. The van der Waals surface area contributed by atoms with Crippen molar-refractivity contribution in [2.75, 3.05) is 24.5 Å². The molecule has 0 aliphatic heterocycles. The largest absolute Gasteiger partial charge is 0.495 e. The lowest BCUT2D eigenvalue weighted by Gasteiger charge is -2.34. The molecule has 8 nitrogen and oxygen atoms in total. The summed E-state index contributed by atoms with van der Waals surface area (Å²) < 4.78 is 34.7. The topological polar surface area (TPSA) is 96.0 Å². The van der Waals surface area contributed by atoms with Crippen LogP contribution in [-0.4, -0.2) is 51.4 Å². The molecular weight excluding hydrogens is 562 g/mol. The maximum atomic E-state index is 14.4. The molecule has 0 saturated carbocycles. The summed E-state index contributed by atoms with van der Waals surface area (Å²) in [4.78, 5) is 29.5. The fourth-order valence-electron chi connectivity index (χ4n) is 4.92. The minimum atomic E-state index is -4.20. The van der Waals surface area contributed by atoms with Gasteiger partial charge in [0.05, 0.1) is 17.7 Å². The highest BCUT2D eigenvalue weighted by Crippen LogP contribution is 2.32. The van der Waals surface area contributed by atoms with Gasteiger partial charge in [-0.15, -0.1) is 0 Å². The van der Waals surface area contributed by atoms with Crippen molar-refractivity contribution in [3.05, 3.63) is 126 Å². The molecule has 0 fully saturated rings. The van der Waals surface area contributed by atoms with Gasteiger partial charge in [0.25, 0.3) is 10.0 Å². The number of rotatable bonds is 13. The van der Waals surface area contributed by atoms with Gasteiger partial charge >= 0.3 is 0 Å². The van der Waals surface area contributed by atoms with Crippen LogP contribution in [0, 0.1) is 6.92 Å². The van der Waals surface area contributed by atoms with Crippen molar-refractivity contribution in [2.45, 2.75) is 37.8 Å². The highest BCUT2D eigenvalue weighted by atomic mass is 32.2. The summed E-state index contributed by atoms with van der Waals surface area (Å²) in [6.07, 6.45) is 0.254. The Morgan fingerprint density at radius 3 is 2.12 bits per heavy atom. The molecule has 1 atom stereocenters. The zero-order valence-electron chi connectivity index (χ0n) is 24.6. The van der Waals surface area contributed by atoms with Crippen LogP contribution in [0.3, 0.4) is 0 Å². The third-order valence-electron chi connectivity index (χ3n) is 7.02. The lowest BCUT2D eigenvalue weighted by atomic mass is 10.0. The van der Waals surface area contributed by atoms with Crippen LogP contribution in [0.15, 0.2) is 114 Å².